The zero-order valence-electron chi connectivity index (χ0n) is 15.1. The quantitative estimate of drug-likeness (QED) is 0.797. The summed E-state index contributed by atoms with van der Waals surface area (Å²) in [5, 5.41) is 2.79. The predicted molar refractivity (Wildman–Crippen MR) is 100.0 cm³/mol. The second kappa shape index (κ2) is 7.66. The Labute approximate surface area is 153 Å². The molecule has 0 fully saturated rings. The molecule has 0 saturated carbocycles. The van der Waals surface area contributed by atoms with Gasteiger partial charge in [0.25, 0.3) is 5.91 Å². The molecule has 0 aliphatic carbocycles. The van der Waals surface area contributed by atoms with Gasteiger partial charge in [0, 0.05) is 24.2 Å². The van der Waals surface area contributed by atoms with Crippen molar-refractivity contribution >= 4 is 11.6 Å². The average molecular weight is 356 g/mol. The summed E-state index contributed by atoms with van der Waals surface area (Å²) in [5.41, 5.74) is 6.92. The highest BCUT2D eigenvalue weighted by molar-refractivity contribution is 5.91. The van der Waals surface area contributed by atoms with Gasteiger partial charge in [-0.2, -0.15) is 0 Å². The molecule has 0 atom stereocenters. The van der Waals surface area contributed by atoms with Crippen LogP contribution in [0.1, 0.15) is 19.4 Å². The SMILES string of the molecule is CC1(C)Cc2cccc(OCC(=O)Nc3ccc(OCCN)cc3)c2O1. The maximum Gasteiger partial charge on any atom is 0.262 e. The number of fused-ring (bicyclic) bond motifs is 1. The van der Waals surface area contributed by atoms with Gasteiger partial charge in [0.05, 0.1) is 0 Å². The lowest BCUT2D eigenvalue weighted by Crippen LogP contribution is -2.25. The molecule has 0 spiro atoms. The number of hydrogen-bond acceptors (Lipinski definition) is 5. The topological polar surface area (TPSA) is 82.8 Å². The van der Waals surface area contributed by atoms with Crippen LogP contribution in [-0.4, -0.2) is 31.3 Å². The first-order valence-electron chi connectivity index (χ1n) is 8.63. The molecule has 2 aromatic rings. The van der Waals surface area contributed by atoms with Crippen molar-refractivity contribution in [3.63, 3.8) is 0 Å². The van der Waals surface area contributed by atoms with Crippen molar-refractivity contribution in [3.05, 3.63) is 48.0 Å². The highest BCUT2D eigenvalue weighted by Gasteiger charge is 2.32. The zero-order valence-corrected chi connectivity index (χ0v) is 15.1. The van der Waals surface area contributed by atoms with Crippen LogP contribution in [0.4, 0.5) is 5.69 Å². The van der Waals surface area contributed by atoms with Gasteiger partial charge in [0.15, 0.2) is 18.1 Å². The monoisotopic (exact) mass is 356 g/mol. The van der Waals surface area contributed by atoms with Gasteiger partial charge in [-0.25, -0.2) is 0 Å². The van der Waals surface area contributed by atoms with E-state index >= 15 is 0 Å². The van der Waals surface area contributed by atoms with E-state index in [1.807, 2.05) is 32.0 Å². The fourth-order valence-electron chi connectivity index (χ4n) is 2.85. The minimum absolute atomic E-state index is 0.0916. The zero-order chi connectivity index (χ0) is 18.6. The third-order valence-electron chi connectivity index (χ3n) is 3.94. The molecule has 0 radical (unpaired) electrons. The van der Waals surface area contributed by atoms with E-state index in [4.69, 9.17) is 19.9 Å². The van der Waals surface area contributed by atoms with E-state index in [-0.39, 0.29) is 18.1 Å². The highest BCUT2D eigenvalue weighted by Crippen LogP contribution is 2.41. The fourth-order valence-corrected chi connectivity index (χ4v) is 2.85. The van der Waals surface area contributed by atoms with Crippen molar-refractivity contribution in [1.82, 2.24) is 0 Å². The van der Waals surface area contributed by atoms with E-state index < -0.39 is 0 Å². The normalized spacial score (nSPS) is 14.3. The highest BCUT2D eigenvalue weighted by atomic mass is 16.5. The van der Waals surface area contributed by atoms with E-state index in [1.54, 1.807) is 24.3 Å². The summed E-state index contributed by atoms with van der Waals surface area (Å²) in [6.45, 7) is 4.89. The fraction of sp³-hybridized carbons (Fsp3) is 0.350. The number of amides is 1. The summed E-state index contributed by atoms with van der Waals surface area (Å²) in [4.78, 5) is 12.1. The first-order chi connectivity index (χ1) is 12.5. The van der Waals surface area contributed by atoms with Crippen LogP contribution in [0, 0.1) is 0 Å². The van der Waals surface area contributed by atoms with Crippen LogP contribution in [0.2, 0.25) is 0 Å². The number of para-hydroxylation sites is 1. The molecule has 2 aromatic carbocycles. The number of nitrogens with two attached hydrogens (primary N) is 1. The molecule has 138 valence electrons. The number of hydrogen-bond donors (Lipinski definition) is 2. The molecule has 1 amide bonds. The molecule has 6 nitrogen and oxygen atoms in total. The summed E-state index contributed by atoms with van der Waals surface area (Å²) in [6.07, 6.45) is 0.824. The van der Waals surface area contributed by atoms with Crippen LogP contribution in [-0.2, 0) is 11.2 Å². The molecule has 3 N–H and O–H groups in total. The van der Waals surface area contributed by atoms with E-state index in [9.17, 15) is 4.79 Å². The Morgan fingerprint density at radius 1 is 1.19 bits per heavy atom. The second-order valence-electron chi connectivity index (χ2n) is 6.78. The van der Waals surface area contributed by atoms with Crippen molar-refractivity contribution in [3.8, 4) is 17.2 Å². The Morgan fingerprint density at radius 3 is 2.69 bits per heavy atom. The van der Waals surface area contributed by atoms with E-state index in [2.05, 4.69) is 5.32 Å². The third kappa shape index (κ3) is 4.46. The number of benzene rings is 2. The van der Waals surface area contributed by atoms with Crippen molar-refractivity contribution < 1.29 is 19.0 Å². The van der Waals surface area contributed by atoms with E-state index in [0.29, 0.717) is 30.3 Å². The lowest BCUT2D eigenvalue weighted by atomic mass is 10.0. The van der Waals surface area contributed by atoms with Gasteiger partial charge in [-0.1, -0.05) is 12.1 Å². The first kappa shape index (κ1) is 18.1. The molecular weight excluding hydrogens is 332 g/mol. The average Bonchev–Trinajstić information content (AvgIpc) is 2.93. The molecule has 1 aliphatic rings. The lowest BCUT2D eigenvalue weighted by molar-refractivity contribution is -0.118. The number of anilines is 1. The molecule has 1 heterocycles. The minimum Gasteiger partial charge on any atom is -0.492 e. The van der Waals surface area contributed by atoms with Gasteiger partial charge in [0.1, 0.15) is 18.0 Å². The summed E-state index contributed by atoms with van der Waals surface area (Å²) in [5.74, 6) is 1.79. The Kier molecular flexibility index (Phi) is 5.32. The number of carbonyl (C=O) groups is 1. The number of rotatable bonds is 7. The molecule has 1 aliphatic heterocycles. The molecule has 26 heavy (non-hydrogen) atoms. The van der Waals surface area contributed by atoms with E-state index in [0.717, 1.165) is 17.7 Å². The molecule has 0 unspecified atom stereocenters. The Balaban J connectivity index is 1.55. The van der Waals surface area contributed by atoms with Crippen LogP contribution < -0.4 is 25.3 Å². The molecule has 0 aromatic heterocycles. The Morgan fingerprint density at radius 2 is 1.96 bits per heavy atom. The Hall–Kier alpha value is -2.73. The Bertz CT molecular complexity index is 772. The predicted octanol–water partition coefficient (Wildman–Crippen LogP) is 2.76. The minimum atomic E-state index is -0.252. The van der Waals surface area contributed by atoms with Crippen molar-refractivity contribution in [2.45, 2.75) is 25.9 Å². The maximum atomic E-state index is 12.1. The van der Waals surface area contributed by atoms with Crippen LogP contribution >= 0.6 is 0 Å². The second-order valence-corrected chi connectivity index (χ2v) is 6.78. The first-order valence-corrected chi connectivity index (χ1v) is 8.63. The number of nitrogens with one attached hydrogen (secondary N) is 1. The number of carbonyl (C=O) groups excluding carboxylic acids is 1. The lowest BCUT2D eigenvalue weighted by Gasteiger charge is -2.18. The van der Waals surface area contributed by atoms with Gasteiger partial charge in [0.2, 0.25) is 0 Å². The van der Waals surface area contributed by atoms with Gasteiger partial charge in [-0.15, -0.1) is 0 Å². The van der Waals surface area contributed by atoms with Gasteiger partial charge >= 0.3 is 0 Å². The summed E-state index contributed by atoms with van der Waals surface area (Å²) in [7, 11) is 0. The summed E-state index contributed by atoms with van der Waals surface area (Å²) >= 11 is 0. The molecule has 3 rings (SSSR count). The largest absolute Gasteiger partial charge is 0.492 e. The maximum absolute atomic E-state index is 12.1. The van der Waals surface area contributed by atoms with Crippen LogP contribution in [0.25, 0.3) is 0 Å². The third-order valence-corrected chi connectivity index (χ3v) is 3.94. The van der Waals surface area contributed by atoms with Crippen molar-refractivity contribution in [2.75, 3.05) is 25.1 Å². The molecule has 0 saturated heterocycles. The number of ether oxygens (including phenoxy) is 3. The smallest absolute Gasteiger partial charge is 0.262 e. The molecule has 6 heteroatoms. The molecule has 0 bridgehead atoms. The summed E-state index contributed by atoms with van der Waals surface area (Å²) in [6, 6.07) is 12.9. The van der Waals surface area contributed by atoms with Crippen molar-refractivity contribution in [1.29, 1.82) is 0 Å². The van der Waals surface area contributed by atoms with Gasteiger partial charge < -0.3 is 25.3 Å². The standard InChI is InChI=1S/C20H24N2O4/c1-20(2)12-14-4-3-5-17(19(14)26-20)25-13-18(23)22-15-6-8-16(9-7-15)24-11-10-21/h3-9H,10-13,21H2,1-2H3,(H,22,23). The van der Waals surface area contributed by atoms with Crippen molar-refractivity contribution in [2.24, 2.45) is 5.73 Å². The van der Waals surface area contributed by atoms with Crippen LogP contribution in [0.3, 0.4) is 0 Å². The van der Waals surface area contributed by atoms with E-state index in [1.165, 1.54) is 0 Å². The van der Waals surface area contributed by atoms with Crippen LogP contribution in [0.5, 0.6) is 17.2 Å². The molecular formula is C20H24N2O4. The summed E-state index contributed by atoms with van der Waals surface area (Å²) < 4.78 is 17.0. The van der Waals surface area contributed by atoms with Gasteiger partial charge in [-0.3, -0.25) is 4.79 Å². The van der Waals surface area contributed by atoms with Gasteiger partial charge in [-0.05, 0) is 44.2 Å². The van der Waals surface area contributed by atoms with Crippen LogP contribution in [0.15, 0.2) is 42.5 Å².